The minimum Gasteiger partial charge on any atom is -0.481 e. The number of carbonyl (C=O) groups excluding carboxylic acids is 1. The number of carbonyl (C=O) groups is 2. The van der Waals surface area contributed by atoms with Gasteiger partial charge < -0.3 is 10.4 Å². The van der Waals surface area contributed by atoms with Crippen LogP contribution in [0.5, 0.6) is 0 Å². The predicted octanol–water partition coefficient (Wildman–Crippen LogP) is 1.94. The highest BCUT2D eigenvalue weighted by Crippen LogP contribution is 2.16. The normalized spacial score (nSPS) is 12.1. The first-order valence-corrected chi connectivity index (χ1v) is 7.85. The number of hydrogen-bond acceptors (Lipinski definition) is 4. The van der Waals surface area contributed by atoms with Crippen molar-refractivity contribution >= 4 is 17.5 Å². The predicted molar refractivity (Wildman–Crippen MR) is 91.6 cm³/mol. The van der Waals surface area contributed by atoms with Crippen LogP contribution in [0.25, 0.3) is 5.65 Å². The van der Waals surface area contributed by atoms with E-state index in [1.54, 1.807) is 28.8 Å². The molecule has 2 N–H and O–H groups in total. The first kappa shape index (κ1) is 16.6. The fourth-order valence-corrected chi connectivity index (χ4v) is 2.75. The summed E-state index contributed by atoms with van der Waals surface area (Å²) >= 11 is 0. The van der Waals surface area contributed by atoms with Crippen molar-refractivity contribution < 1.29 is 14.7 Å². The number of carboxylic acid groups (broad SMARTS) is 1. The third-order valence-corrected chi connectivity index (χ3v) is 3.99. The molecule has 0 bridgehead atoms. The van der Waals surface area contributed by atoms with Crippen molar-refractivity contribution in [3.05, 3.63) is 65.1 Å². The minimum atomic E-state index is -0.990. The van der Waals surface area contributed by atoms with E-state index in [0.717, 1.165) is 11.4 Å². The van der Waals surface area contributed by atoms with Crippen LogP contribution >= 0.6 is 0 Å². The van der Waals surface area contributed by atoms with Crippen molar-refractivity contribution in [3.63, 3.8) is 0 Å². The van der Waals surface area contributed by atoms with Gasteiger partial charge in [-0.2, -0.15) is 5.10 Å². The number of aromatic nitrogens is 3. The van der Waals surface area contributed by atoms with Gasteiger partial charge in [0.25, 0.3) is 5.91 Å². The molecule has 3 aromatic rings. The highest BCUT2D eigenvalue weighted by Gasteiger charge is 2.22. The number of carboxylic acids is 1. The highest BCUT2D eigenvalue weighted by atomic mass is 16.4. The van der Waals surface area contributed by atoms with E-state index in [9.17, 15) is 14.7 Å². The Kier molecular flexibility index (Phi) is 4.47. The minimum absolute atomic E-state index is 0.0136. The Morgan fingerprint density at radius 1 is 1.24 bits per heavy atom. The Morgan fingerprint density at radius 3 is 2.64 bits per heavy atom. The van der Waals surface area contributed by atoms with Gasteiger partial charge in [-0.05, 0) is 25.5 Å². The average Bonchev–Trinajstić information content (AvgIpc) is 2.99. The van der Waals surface area contributed by atoms with Crippen LogP contribution in [0, 0.1) is 13.8 Å². The van der Waals surface area contributed by atoms with E-state index < -0.39 is 17.8 Å². The molecular weight excluding hydrogens is 320 g/mol. The van der Waals surface area contributed by atoms with E-state index in [1.165, 1.54) is 6.20 Å². The lowest BCUT2D eigenvalue weighted by atomic mass is 9.99. The van der Waals surface area contributed by atoms with Gasteiger partial charge in [-0.25, -0.2) is 9.50 Å². The Balaban J connectivity index is 1.82. The van der Waals surface area contributed by atoms with Crippen molar-refractivity contribution in [2.75, 3.05) is 6.54 Å². The van der Waals surface area contributed by atoms with Gasteiger partial charge in [0.15, 0.2) is 5.65 Å². The summed E-state index contributed by atoms with van der Waals surface area (Å²) < 4.78 is 1.59. The van der Waals surface area contributed by atoms with Gasteiger partial charge in [0.2, 0.25) is 0 Å². The lowest BCUT2D eigenvalue weighted by Gasteiger charge is -2.13. The molecule has 0 radical (unpaired) electrons. The highest BCUT2D eigenvalue weighted by molar-refractivity contribution is 5.99. The third-order valence-electron chi connectivity index (χ3n) is 3.99. The van der Waals surface area contributed by atoms with Crippen LogP contribution in [0.4, 0.5) is 0 Å². The van der Waals surface area contributed by atoms with Crippen LogP contribution < -0.4 is 5.32 Å². The van der Waals surface area contributed by atoms with Gasteiger partial charge in [-0.15, -0.1) is 0 Å². The maximum atomic E-state index is 12.5. The number of amides is 1. The zero-order valence-corrected chi connectivity index (χ0v) is 13.9. The van der Waals surface area contributed by atoms with Crippen LogP contribution in [0.2, 0.25) is 0 Å². The van der Waals surface area contributed by atoms with Crippen molar-refractivity contribution in [1.82, 2.24) is 19.9 Å². The van der Waals surface area contributed by atoms with Crippen molar-refractivity contribution in [1.29, 1.82) is 0 Å². The molecule has 0 aliphatic rings. The van der Waals surface area contributed by atoms with Gasteiger partial charge in [0.05, 0.1) is 12.1 Å². The summed E-state index contributed by atoms with van der Waals surface area (Å²) in [4.78, 5) is 28.4. The summed E-state index contributed by atoms with van der Waals surface area (Å²) in [6, 6.07) is 10.7. The van der Waals surface area contributed by atoms with Crippen LogP contribution in [0.1, 0.15) is 33.2 Å². The van der Waals surface area contributed by atoms with Crippen LogP contribution in [0.3, 0.4) is 0 Å². The summed E-state index contributed by atoms with van der Waals surface area (Å²) in [6.07, 6.45) is 1.45. The zero-order valence-electron chi connectivity index (χ0n) is 13.9. The number of aryl methyl sites for hydroxylation is 2. The molecule has 1 atom stereocenters. The maximum Gasteiger partial charge on any atom is 0.312 e. The molecule has 7 nitrogen and oxygen atoms in total. The fourth-order valence-electron chi connectivity index (χ4n) is 2.75. The number of hydrogen-bond donors (Lipinski definition) is 2. The Labute approximate surface area is 144 Å². The molecule has 3 rings (SSSR count). The molecule has 25 heavy (non-hydrogen) atoms. The number of nitrogens with zero attached hydrogens (tertiary/aromatic N) is 3. The first-order valence-electron chi connectivity index (χ1n) is 7.85. The molecule has 7 heteroatoms. The summed E-state index contributed by atoms with van der Waals surface area (Å²) in [5.41, 5.74) is 3.08. The quantitative estimate of drug-likeness (QED) is 0.741. The van der Waals surface area contributed by atoms with E-state index >= 15 is 0 Å². The lowest BCUT2D eigenvalue weighted by molar-refractivity contribution is -0.138. The van der Waals surface area contributed by atoms with Crippen LogP contribution in [0.15, 0.2) is 42.6 Å². The standard InChI is InChI=1S/C18H18N4O3/c1-11-8-12(2)22-16(21-11)15(10-20-22)17(23)19-9-14(18(24)25)13-6-4-3-5-7-13/h3-8,10,14H,9H2,1-2H3,(H,19,23)(H,24,25). The molecule has 1 unspecified atom stereocenters. The van der Waals surface area contributed by atoms with Gasteiger partial charge in [0, 0.05) is 17.9 Å². The Morgan fingerprint density at radius 2 is 1.96 bits per heavy atom. The molecule has 0 fully saturated rings. The first-order chi connectivity index (χ1) is 12.0. The summed E-state index contributed by atoms with van der Waals surface area (Å²) in [5, 5.41) is 16.3. The number of benzene rings is 1. The molecule has 0 saturated heterocycles. The van der Waals surface area contributed by atoms with E-state index in [0.29, 0.717) is 16.8 Å². The molecule has 1 amide bonds. The molecule has 2 aromatic heterocycles. The molecule has 0 spiro atoms. The molecule has 0 saturated carbocycles. The van der Waals surface area contributed by atoms with Crippen molar-refractivity contribution in [2.24, 2.45) is 0 Å². The van der Waals surface area contributed by atoms with E-state index in [4.69, 9.17) is 0 Å². The van der Waals surface area contributed by atoms with E-state index in [1.807, 2.05) is 26.0 Å². The topological polar surface area (TPSA) is 96.6 Å². The molecule has 0 aliphatic carbocycles. The lowest BCUT2D eigenvalue weighted by Crippen LogP contribution is -2.31. The SMILES string of the molecule is Cc1cc(C)n2ncc(C(=O)NCC(C(=O)O)c3ccccc3)c2n1. The van der Waals surface area contributed by atoms with Crippen LogP contribution in [-0.2, 0) is 4.79 Å². The molecule has 128 valence electrons. The van der Waals surface area contributed by atoms with Crippen LogP contribution in [-0.4, -0.2) is 38.1 Å². The van der Waals surface area contributed by atoms with E-state index in [-0.39, 0.29) is 6.54 Å². The monoisotopic (exact) mass is 338 g/mol. The second-order valence-corrected chi connectivity index (χ2v) is 5.84. The number of fused-ring (bicyclic) bond motifs is 1. The second kappa shape index (κ2) is 6.72. The summed E-state index contributed by atoms with van der Waals surface area (Å²) in [5.74, 6) is -2.20. The second-order valence-electron chi connectivity index (χ2n) is 5.84. The Bertz CT molecular complexity index is 934. The van der Waals surface area contributed by atoms with Crippen molar-refractivity contribution in [2.45, 2.75) is 19.8 Å². The average molecular weight is 338 g/mol. The largest absolute Gasteiger partial charge is 0.481 e. The number of aliphatic carboxylic acids is 1. The summed E-state index contributed by atoms with van der Waals surface area (Å²) in [6.45, 7) is 3.71. The molecule has 2 heterocycles. The third kappa shape index (κ3) is 3.35. The smallest absolute Gasteiger partial charge is 0.312 e. The number of nitrogens with one attached hydrogen (secondary N) is 1. The fraction of sp³-hybridized carbons (Fsp3) is 0.222. The van der Waals surface area contributed by atoms with Gasteiger partial charge in [0.1, 0.15) is 5.56 Å². The summed E-state index contributed by atoms with van der Waals surface area (Å²) in [7, 11) is 0. The van der Waals surface area contributed by atoms with Crippen molar-refractivity contribution in [3.8, 4) is 0 Å². The zero-order chi connectivity index (χ0) is 18.0. The Hall–Kier alpha value is -3.22. The molecule has 0 aliphatic heterocycles. The van der Waals surface area contributed by atoms with E-state index in [2.05, 4.69) is 15.4 Å². The van der Waals surface area contributed by atoms with Gasteiger partial charge >= 0.3 is 5.97 Å². The maximum absolute atomic E-state index is 12.5. The van der Waals surface area contributed by atoms with Gasteiger partial charge in [-0.3, -0.25) is 9.59 Å². The number of rotatable bonds is 5. The molecular formula is C18H18N4O3. The van der Waals surface area contributed by atoms with Gasteiger partial charge in [-0.1, -0.05) is 30.3 Å². The molecule has 1 aromatic carbocycles.